The first-order valence-corrected chi connectivity index (χ1v) is 21.8. The molecule has 4 aromatic rings. The van der Waals surface area contributed by atoms with E-state index in [0.29, 0.717) is 16.7 Å². The van der Waals surface area contributed by atoms with Crippen molar-refractivity contribution in [1.82, 2.24) is 9.97 Å². The van der Waals surface area contributed by atoms with Crippen LogP contribution >= 0.6 is 11.6 Å². The van der Waals surface area contributed by atoms with Gasteiger partial charge in [-0.1, -0.05) is 55.0 Å². The maximum atomic E-state index is 17.2. The molecule has 2 fully saturated rings. The van der Waals surface area contributed by atoms with Crippen molar-refractivity contribution in [2.45, 2.75) is 45.4 Å². The topological polar surface area (TPSA) is 122 Å². The number of nitrogens with zero attached hydrogens (tertiary/aromatic N) is 4. The number of ether oxygens (including phenoxy) is 1. The molecule has 8 rings (SSSR count). The highest BCUT2D eigenvalue weighted by Crippen LogP contribution is 2.45. The minimum atomic E-state index is -2.54. The fourth-order valence-electron chi connectivity index (χ4n) is 7.81. The molecule has 4 aliphatic rings. The summed E-state index contributed by atoms with van der Waals surface area (Å²) < 4.78 is 57.1. The molecule has 3 N–H and O–H groups in total. The van der Waals surface area contributed by atoms with Crippen LogP contribution in [0.1, 0.15) is 62.2 Å². The van der Waals surface area contributed by atoms with Gasteiger partial charge in [0.1, 0.15) is 44.3 Å². The second-order valence-electron chi connectivity index (χ2n) is 14.9. The van der Waals surface area contributed by atoms with Crippen LogP contribution in [-0.2, 0) is 13.0 Å². The highest BCUT2D eigenvalue weighted by molar-refractivity contribution is 6.98. The number of carbonyl (C=O) groups is 2. The Morgan fingerprint density at radius 3 is 2.30 bits per heavy atom. The van der Waals surface area contributed by atoms with Crippen molar-refractivity contribution in [1.29, 1.82) is 0 Å². The van der Waals surface area contributed by atoms with Crippen molar-refractivity contribution in [3.63, 3.8) is 0 Å². The Bertz CT molecular complexity index is 2450. The number of aromatic nitrogens is 2. The van der Waals surface area contributed by atoms with Gasteiger partial charge >= 0.3 is 5.97 Å². The Morgan fingerprint density at radius 2 is 1.66 bits per heavy atom. The molecule has 56 heavy (non-hydrogen) atoms. The fourth-order valence-corrected chi connectivity index (χ4v) is 11.1. The van der Waals surface area contributed by atoms with Gasteiger partial charge in [0.25, 0.3) is 0 Å². The molecule has 3 aromatic carbocycles. The highest BCUT2D eigenvalue weighted by atomic mass is 35.5. The monoisotopic (exact) mass is 796 g/mol. The van der Waals surface area contributed by atoms with E-state index in [1.807, 2.05) is 24.3 Å². The number of carboxylic acids is 1. The molecule has 1 aromatic heterocycles. The third-order valence-corrected chi connectivity index (χ3v) is 14.9. The van der Waals surface area contributed by atoms with Crippen LogP contribution in [0, 0.1) is 17.5 Å². The molecule has 9 nitrogen and oxygen atoms in total. The summed E-state index contributed by atoms with van der Waals surface area (Å²) in [4.78, 5) is 36.6. The number of aromatic carboxylic acids is 1. The van der Waals surface area contributed by atoms with Gasteiger partial charge in [-0.25, -0.2) is 27.5 Å². The average Bonchev–Trinajstić information content (AvgIpc) is 3.11. The number of hydrogen-bond donors (Lipinski definition) is 2. The minimum absolute atomic E-state index is 0.0325. The summed E-state index contributed by atoms with van der Waals surface area (Å²) in [5.41, 5.74) is 7.42. The molecule has 0 amide bonds. The van der Waals surface area contributed by atoms with Gasteiger partial charge in [0, 0.05) is 49.0 Å². The van der Waals surface area contributed by atoms with Crippen molar-refractivity contribution in [3.05, 3.63) is 134 Å². The Labute approximate surface area is 327 Å². The van der Waals surface area contributed by atoms with Crippen LogP contribution in [0.5, 0.6) is 5.88 Å². The normalized spacial score (nSPS) is 16.8. The number of Topliss-reactive ketones (excluding diaryl/α,β-unsaturated/α-hetero) is 1. The number of carbonyl (C=O) groups excluding carboxylic acids is 1. The van der Waals surface area contributed by atoms with Crippen LogP contribution in [-0.4, -0.2) is 71.4 Å². The molecule has 1 aliphatic carbocycles. The molecular weight excluding hydrogens is 759 g/mol. The van der Waals surface area contributed by atoms with Crippen LogP contribution in [0.4, 0.5) is 24.8 Å². The molecule has 0 atom stereocenters. The van der Waals surface area contributed by atoms with Crippen molar-refractivity contribution in [2.75, 3.05) is 36.8 Å². The summed E-state index contributed by atoms with van der Waals surface area (Å²) in [6, 6.07) is 14.2. The molecule has 2 saturated heterocycles. The standard InChI is InChI=1S/C42H37ClF3N5O4Si/c1-56(2)30-19-25(50-15-3-16-50)10-12-27(30)34(28-13-11-26(20-31(28)56)51-17-4-18-51)36-37(41(53)54)40(46)39(45)35(38(36)44)29(52)14-9-23-5-7-24(8-6-23)22-55-33-21-32(43)48-42(47)49-33/h5-8,10-13,19-21H,3-4,9,14-18,22H2,1-2H3,(H2-,47,48,49,53,54)/p+1. The molecule has 0 radical (unpaired) electrons. The van der Waals surface area contributed by atoms with E-state index >= 15 is 13.2 Å². The van der Waals surface area contributed by atoms with Crippen LogP contribution in [0.25, 0.3) is 5.57 Å². The quantitative estimate of drug-likeness (QED) is 0.0576. The zero-order chi connectivity index (χ0) is 39.5. The van der Waals surface area contributed by atoms with Crippen molar-refractivity contribution < 1.29 is 37.2 Å². The van der Waals surface area contributed by atoms with Gasteiger partial charge in [-0.3, -0.25) is 4.79 Å². The van der Waals surface area contributed by atoms with Gasteiger partial charge in [-0.15, -0.1) is 0 Å². The lowest BCUT2D eigenvalue weighted by atomic mass is 9.84. The van der Waals surface area contributed by atoms with E-state index in [9.17, 15) is 14.7 Å². The lowest BCUT2D eigenvalue weighted by Crippen LogP contribution is -2.50. The summed E-state index contributed by atoms with van der Waals surface area (Å²) in [5, 5.41) is 12.4. The van der Waals surface area contributed by atoms with Crippen LogP contribution in [0.15, 0.2) is 77.5 Å². The molecule has 0 spiro atoms. The molecule has 3 aliphatic heterocycles. The van der Waals surface area contributed by atoms with Crippen molar-refractivity contribution >= 4 is 59.5 Å². The number of benzene rings is 3. The number of rotatable bonds is 10. The van der Waals surface area contributed by atoms with Gasteiger partial charge in [-0.05, 0) is 69.3 Å². The van der Waals surface area contributed by atoms with E-state index in [0.717, 1.165) is 66.4 Å². The lowest BCUT2D eigenvalue weighted by Gasteiger charge is -2.40. The second-order valence-corrected chi connectivity index (χ2v) is 19.6. The predicted octanol–water partition coefficient (Wildman–Crippen LogP) is 7.06. The van der Waals surface area contributed by atoms with Crippen LogP contribution in [0.3, 0.4) is 0 Å². The maximum Gasteiger partial charge on any atom is 0.339 e. The maximum absolute atomic E-state index is 17.2. The van der Waals surface area contributed by atoms with Gasteiger partial charge in [0.05, 0.1) is 12.0 Å². The number of nitrogens with two attached hydrogens (primary N) is 1. The Hall–Kier alpha value is -5.53. The Kier molecular flexibility index (Phi) is 9.69. The third kappa shape index (κ3) is 6.62. The van der Waals surface area contributed by atoms with Gasteiger partial charge in [0.2, 0.25) is 11.8 Å². The van der Waals surface area contributed by atoms with Crippen molar-refractivity contribution in [3.8, 4) is 5.88 Å². The molecule has 0 unspecified atom stereocenters. The van der Waals surface area contributed by atoms with E-state index in [-0.39, 0.29) is 42.0 Å². The summed E-state index contributed by atoms with van der Waals surface area (Å²) >= 11 is 5.91. The predicted molar refractivity (Wildman–Crippen MR) is 211 cm³/mol. The Balaban J connectivity index is 1.17. The van der Waals surface area contributed by atoms with E-state index in [1.54, 1.807) is 24.3 Å². The zero-order valence-corrected chi connectivity index (χ0v) is 32.5. The smallest absolute Gasteiger partial charge is 0.339 e. The van der Waals surface area contributed by atoms with Crippen molar-refractivity contribution in [2.24, 2.45) is 0 Å². The molecule has 0 bridgehead atoms. The third-order valence-electron chi connectivity index (χ3n) is 11.1. The zero-order valence-electron chi connectivity index (χ0n) is 30.8. The van der Waals surface area contributed by atoms with Gasteiger partial charge in [-0.2, -0.15) is 4.98 Å². The number of halogens is 4. The van der Waals surface area contributed by atoms with E-state index in [1.165, 1.54) is 6.07 Å². The molecule has 0 saturated carbocycles. The van der Waals surface area contributed by atoms with E-state index < -0.39 is 54.0 Å². The molecular formula is C42H38ClF3N5O4Si+. The Morgan fingerprint density at radius 1 is 0.946 bits per heavy atom. The van der Waals surface area contributed by atoms with E-state index in [4.69, 9.17) is 22.1 Å². The summed E-state index contributed by atoms with van der Waals surface area (Å²) in [6.45, 7) is 8.10. The SMILES string of the molecule is C[Si]1(C)C2=CC(=[N+]3CCC3)C=CC2=C(c2c(F)c(C(=O)CCc3ccc(COc4cc(Cl)nc(N)n4)cc3)c(F)c(F)c2C(=O)O)c2ccc(N3CCC3)cc21. The summed E-state index contributed by atoms with van der Waals surface area (Å²) in [6.07, 6.45) is 7.67. The summed E-state index contributed by atoms with van der Waals surface area (Å²) in [5.74, 6) is -7.66. The lowest BCUT2D eigenvalue weighted by molar-refractivity contribution is -0.582. The van der Waals surface area contributed by atoms with Gasteiger partial charge < -0.3 is 20.5 Å². The summed E-state index contributed by atoms with van der Waals surface area (Å²) in [7, 11) is -2.54. The number of ketones is 1. The number of nitrogen functional groups attached to an aromatic ring is 1. The number of aryl methyl sites for hydroxylation is 1. The fraction of sp³-hybridized carbons (Fsp3) is 0.262. The minimum Gasteiger partial charge on any atom is -0.478 e. The van der Waals surface area contributed by atoms with Crippen LogP contribution in [0.2, 0.25) is 18.2 Å². The molecule has 286 valence electrons. The second kappa shape index (κ2) is 14.5. The highest BCUT2D eigenvalue weighted by Gasteiger charge is 2.44. The number of anilines is 2. The first-order chi connectivity index (χ1) is 26.8. The first kappa shape index (κ1) is 37.4. The number of fused-ring (bicyclic) bond motifs is 2. The first-order valence-electron chi connectivity index (χ1n) is 18.5. The van der Waals surface area contributed by atoms with E-state index in [2.05, 4.69) is 44.7 Å². The van der Waals surface area contributed by atoms with Gasteiger partial charge in [0.15, 0.2) is 23.1 Å². The van der Waals surface area contributed by atoms with Crippen LogP contribution < -0.4 is 20.6 Å². The number of carboxylic acid groups (broad SMARTS) is 1. The number of allylic oxidation sites excluding steroid dienone is 5. The molecule has 14 heteroatoms. The number of hydrogen-bond acceptors (Lipinski definition) is 7. The molecule has 4 heterocycles. The average molecular weight is 797 g/mol. The largest absolute Gasteiger partial charge is 0.478 e.